The average Bonchev–Trinajstić information content (AvgIpc) is 2.63. The molecule has 0 amide bonds. The molecule has 1 aliphatic carbocycles. The summed E-state index contributed by atoms with van der Waals surface area (Å²) in [6.45, 7) is 5.82. The van der Waals surface area contributed by atoms with Crippen LogP contribution in [0.2, 0.25) is 0 Å². The number of hydrogen-bond donors (Lipinski definition) is 1. The number of aromatic nitrogens is 1. The van der Waals surface area contributed by atoms with E-state index < -0.39 is 11.6 Å². The highest BCUT2D eigenvalue weighted by molar-refractivity contribution is 6.16. The van der Waals surface area contributed by atoms with Crippen LogP contribution in [-0.2, 0) is 16.0 Å². The zero-order valence-corrected chi connectivity index (χ0v) is 16.1. The number of nitrogens with one attached hydrogen (secondary N) is 1. The van der Waals surface area contributed by atoms with Crippen molar-refractivity contribution in [2.24, 2.45) is 5.41 Å². The smallest absolute Gasteiger partial charge is 0.359 e. The number of ether oxygens (including phenoxy) is 1. The predicted molar refractivity (Wildman–Crippen MR) is 104 cm³/mol. The van der Waals surface area contributed by atoms with E-state index in [0.717, 1.165) is 0 Å². The van der Waals surface area contributed by atoms with Crippen molar-refractivity contribution in [3.05, 3.63) is 64.1 Å². The lowest BCUT2D eigenvalue weighted by atomic mass is 9.76. The molecular formula is C21H22N2O5. The highest BCUT2D eigenvalue weighted by atomic mass is 16.5. The van der Waals surface area contributed by atoms with Gasteiger partial charge in [-0.15, -0.1) is 0 Å². The second-order valence-corrected chi connectivity index (χ2v) is 7.36. The Balaban J connectivity index is 1.96. The fraction of sp³-hybridized carbons (Fsp3) is 0.333. The van der Waals surface area contributed by atoms with Gasteiger partial charge in [0.05, 0.1) is 17.9 Å². The number of carbonyl (C=O) groups is 2. The minimum Gasteiger partial charge on any atom is -0.462 e. The van der Waals surface area contributed by atoms with Crippen LogP contribution in [0.15, 0.2) is 45.9 Å². The number of hydrogen-bond acceptors (Lipinski definition) is 7. The lowest BCUT2D eigenvalue weighted by molar-refractivity contribution is -0.136. The van der Waals surface area contributed by atoms with Gasteiger partial charge in [0.1, 0.15) is 17.0 Å². The summed E-state index contributed by atoms with van der Waals surface area (Å²) in [6.07, 6.45) is 3.79. The van der Waals surface area contributed by atoms with Crippen LogP contribution in [0, 0.1) is 5.41 Å². The molecule has 28 heavy (non-hydrogen) atoms. The van der Waals surface area contributed by atoms with Crippen LogP contribution in [0.3, 0.4) is 0 Å². The molecule has 3 rings (SSSR count). The third-order valence-electron chi connectivity index (χ3n) is 4.41. The Hall–Kier alpha value is -3.22. The standard InChI is InChI=1S/C21H22N2O5/c1-4-27-19(25)14(15-7-5-6-8-22-15)12-23-16-9-13-17(24)10-21(2,3)11-18(13)28-20(16)26/h5-9,12,23H,4,10-11H2,1-3H3. The van der Waals surface area contributed by atoms with Crippen molar-refractivity contribution in [3.63, 3.8) is 0 Å². The third kappa shape index (κ3) is 4.19. The number of ketones is 1. The van der Waals surface area contributed by atoms with E-state index in [1.54, 1.807) is 31.3 Å². The van der Waals surface area contributed by atoms with Gasteiger partial charge in [-0.25, -0.2) is 9.59 Å². The normalized spacial score (nSPS) is 15.7. The van der Waals surface area contributed by atoms with Crippen molar-refractivity contribution >= 4 is 23.0 Å². The number of carbonyl (C=O) groups excluding carboxylic acids is 2. The van der Waals surface area contributed by atoms with Crippen molar-refractivity contribution in [1.82, 2.24) is 4.98 Å². The highest BCUT2D eigenvalue weighted by Gasteiger charge is 2.33. The van der Waals surface area contributed by atoms with Crippen molar-refractivity contribution < 1.29 is 18.7 Å². The fourth-order valence-electron chi connectivity index (χ4n) is 3.12. The monoisotopic (exact) mass is 382 g/mol. The zero-order chi connectivity index (χ0) is 20.3. The molecule has 146 valence electrons. The molecule has 7 heteroatoms. The Morgan fingerprint density at radius 3 is 2.79 bits per heavy atom. The van der Waals surface area contributed by atoms with Crippen molar-refractivity contribution in [1.29, 1.82) is 0 Å². The van der Waals surface area contributed by atoms with Gasteiger partial charge in [-0.2, -0.15) is 0 Å². The Morgan fingerprint density at radius 1 is 1.32 bits per heavy atom. The highest BCUT2D eigenvalue weighted by Crippen LogP contribution is 2.34. The van der Waals surface area contributed by atoms with E-state index in [2.05, 4.69) is 10.3 Å². The largest absolute Gasteiger partial charge is 0.462 e. The lowest BCUT2D eigenvalue weighted by Gasteiger charge is -2.28. The van der Waals surface area contributed by atoms with E-state index in [1.807, 2.05) is 13.8 Å². The van der Waals surface area contributed by atoms with Crippen LogP contribution >= 0.6 is 0 Å². The summed E-state index contributed by atoms with van der Waals surface area (Å²) in [5.41, 5.74) is 0.172. The maximum absolute atomic E-state index is 12.4. The van der Waals surface area contributed by atoms with Crippen LogP contribution in [0.1, 0.15) is 49.0 Å². The molecule has 0 saturated heterocycles. The number of esters is 1. The second kappa shape index (κ2) is 7.80. The maximum Gasteiger partial charge on any atom is 0.359 e. The molecule has 0 unspecified atom stereocenters. The van der Waals surface area contributed by atoms with Crippen LogP contribution < -0.4 is 10.9 Å². The van der Waals surface area contributed by atoms with Gasteiger partial charge in [-0.3, -0.25) is 9.78 Å². The molecule has 0 radical (unpaired) electrons. The first-order valence-electron chi connectivity index (χ1n) is 9.06. The number of rotatable bonds is 5. The Morgan fingerprint density at radius 2 is 2.11 bits per heavy atom. The van der Waals surface area contributed by atoms with E-state index in [1.165, 1.54) is 12.3 Å². The van der Waals surface area contributed by atoms with Gasteiger partial charge >= 0.3 is 11.6 Å². The third-order valence-corrected chi connectivity index (χ3v) is 4.41. The first kappa shape index (κ1) is 19.5. The molecule has 1 N–H and O–H groups in total. The molecule has 2 heterocycles. The molecule has 0 bridgehead atoms. The minimum atomic E-state index is -0.607. The van der Waals surface area contributed by atoms with Crippen LogP contribution in [-0.4, -0.2) is 23.3 Å². The number of anilines is 1. The second-order valence-electron chi connectivity index (χ2n) is 7.36. The lowest BCUT2D eigenvalue weighted by Crippen LogP contribution is -2.28. The van der Waals surface area contributed by atoms with Crippen molar-refractivity contribution in [3.8, 4) is 0 Å². The number of Topliss-reactive ketones (excluding diaryl/α,β-unsaturated/α-hetero) is 1. The predicted octanol–water partition coefficient (Wildman–Crippen LogP) is 3.21. The Labute approximate surface area is 162 Å². The van der Waals surface area contributed by atoms with Gasteiger partial charge in [-0.05, 0) is 30.5 Å². The Bertz CT molecular complexity index is 990. The molecule has 7 nitrogen and oxygen atoms in total. The van der Waals surface area contributed by atoms with Gasteiger partial charge in [0, 0.05) is 25.2 Å². The van der Waals surface area contributed by atoms with E-state index in [9.17, 15) is 14.4 Å². The number of fused-ring (bicyclic) bond motifs is 1. The van der Waals surface area contributed by atoms with Crippen LogP contribution in [0.25, 0.3) is 5.57 Å². The van der Waals surface area contributed by atoms with Gasteiger partial charge in [0.2, 0.25) is 0 Å². The van der Waals surface area contributed by atoms with E-state index >= 15 is 0 Å². The SMILES string of the molecule is CCOC(=O)C(=CNc1cc2c(oc1=O)CC(C)(C)CC2=O)c1ccccn1. The van der Waals surface area contributed by atoms with Crippen molar-refractivity contribution in [2.75, 3.05) is 11.9 Å². The molecule has 1 aliphatic rings. The molecule has 0 aliphatic heterocycles. The molecular weight excluding hydrogens is 360 g/mol. The first-order valence-corrected chi connectivity index (χ1v) is 9.06. The number of pyridine rings is 1. The van der Waals surface area contributed by atoms with Gasteiger partial charge in [0.25, 0.3) is 0 Å². The maximum atomic E-state index is 12.4. The van der Waals surface area contributed by atoms with Gasteiger partial charge in [-0.1, -0.05) is 19.9 Å². The van der Waals surface area contributed by atoms with Crippen LogP contribution in [0.5, 0.6) is 0 Å². The Kier molecular flexibility index (Phi) is 5.44. The van der Waals surface area contributed by atoms with Crippen molar-refractivity contribution in [2.45, 2.75) is 33.6 Å². The molecule has 2 aromatic heterocycles. The van der Waals surface area contributed by atoms with Gasteiger partial charge < -0.3 is 14.5 Å². The van der Waals surface area contributed by atoms with Gasteiger partial charge in [0.15, 0.2) is 5.78 Å². The summed E-state index contributed by atoms with van der Waals surface area (Å²) in [7, 11) is 0. The van der Waals surface area contributed by atoms with Crippen LogP contribution in [0.4, 0.5) is 5.69 Å². The number of nitrogens with zero attached hydrogens (tertiary/aromatic N) is 1. The molecule has 0 spiro atoms. The average molecular weight is 382 g/mol. The fourth-order valence-corrected chi connectivity index (χ4v) is 3.12. The summed E-state index contributed by atoms with van der Waals surface area (Å²) < 4.78 is 10.4. The summed E-state index contributed by atoms with van der Waals surface area (Å²) in [5, 5.41) is 2.78. The first-order chi connectivity index (χ1) is 13.3. The minimum absolute atomic E-state index is 0.0719. The summed E-state index contributed by atoms with van der Waals surface area (Å²) in [4.78, 5) is 41.2. The van der Waals surface area contributed by atoms with E-state index in [0.29, 0.717) is 29.9 Å². The molecule has 2 aromatic rings. The zero-order valence-electron chi connectivity index (χ0n) is 16.1. The summed E-state index contributed by atoms with van der Waals surface area (Å²) >= 11 is 0. The molecule has 0 saturated carbocycles. The van der Waals surface area contributed by atoms with E-state index in [-0.39, 0.29) is 29.1 Å². The van der Waals surface area contributed by atoms with E-state index in [4.69, 9.17) is 9.15 Å². The molecule has 0 atom stereocenters. The topological polar surface area (TPSA) is 98.5 Å². The molecule has 0 aromatic carbocycles. The molecule has 0 fully saturated rings. The summed E-state index contributed by atoms with van der Waals surface area (Å²) in [5.74, 6) is -0.248. The quantitative estimate of drug-likeness (QED) is 0.626. The summed E-state index contributed by atoms with van der Waals surface area (Å²) in [6, 6.07) is 6.61.